The first kappa shape index (κ1) is 12.7. The maximum absolute atomic E-state index is 12.4. The predicted octanol–water partition coefficient (Wildman–Crippen LogP) is -0.333. The molecule has 0 amide bonds. The third kappa shape index (κ3) is 2.04. The molecule has 3 heterocycles. The first-order chi connectivity index (χ1) is 9.62. The van der Waals surface area contributed by atoms with Crippen LogP contribution in [-0.4, -0.2) is 32.6 Å². The summed E-state index contributed by atoms with van der Waals surface area (Å²) in [5.41, 5.74) is 2.71. The summed E-state index contributed by atoms with van der Waals surface area (Å²) >= 11 is 0.822. The Morgan fingerprint density at radius 1 is 1.35 bits per heavy atom. The molecule has 104 valence electrons. The highest BCUT2D eigenvalue weighted by Crippen LogP contribution is 2.24. The SMILES string of the molecule is NNc1nc2ccccn2c1S(=O)(=O)Nc1nnns1. The summed E-state index contributed by atoms with van der Waals surface area (Å²) in [7, 11) is -3.93. The Hall–Kier alpha value is -2.31. The zero-order valence-electron chi connectivity index (χ0n) is 9.76. The van der Waals surface area contributed by atoms with Gasteiger partial charge in [-0.15, -0.1) is 0 Å². The first-order valence-electron chi connectivity index (χ1n) is 5.23. The predicted molar refractivity (Wildman–Crippen MR) is 71.5 cm³/mol. The second kappa shape index (κ2) is 4.66. The van der Waals surface area contributed by atoms with Gasteiger partial charge in [0.05, 0.1) is 0 Å². The Morgan fingerprint density at radius 3 is 2.90 bits per heavy atom. The summed E-state index contributed by atoms with van der Waals surface area (Å²) < 4.78 is 31.9. The van der Waals surface area contributed by atoms with E-state index in [1.165, 1.54) is 4.40 Å². The normalized spacial score (nSPS) is 11.7. The average Bonchev–Trinajstić information content (AvgIpc) is 3.04. The van der Waals surface area contributed by atoms with Gasteiger partial charge in [0.25, 0.3) is 10.0 Å². The number of nitrogens with two attached hydrogens (primary N) is 1. The number of rotatable bonds is 4. The van der Waals surface area contributed by atoms with E-state index in [0.29, 0.717) is 5.65 Å². The van der Waals surface area contributed by atoms with Crippen LogP contribution in [-0.2, 0) is 10.0 Å². The molecule has 3 aromatic rings. The Labute approximate surface area is 116 Å². The van der Waals surface area contributed by atoms with E-state index in [4.69, 9.17) is 5.84 Å². The fraction of sp³-hybridized carbons (Fsp3) is 0. The molecule has 0 spiro atoms. The summed E-state index contributed by atoms with van der Waals surface area (Å²) in [5.74, 6) is 5.36. The lowest BCUT2D eigenvalue weighted by Gasteiger charge is -2.06. The highest BCUT2D eigenvalue weighted by Gasteiger charge is 2.26. The Kier molecular flexibility index (Phi) is 2.96. The number of hydrogen-bond acceptors (Lipinski definition) is 9. The summed E-state index contributed by atoms with van der Waals surface area (Å²) in [6.07, 6.45) is 1.57. The number of nitrogen functional groups attached to an aromatic ring is 1. The number of imidazole rings is 1. The molecule has 12 heteroatoms. The molecule has 0 saturated carbocycles. The van der Waals surface area contributed by atoms with Gasteiger partial charge in [-0.2, -0.15) is 8.42 Å². The van der Waals surface area contributed by atoms with Crippen molar-refractivity contribution in [2.75, 3.05) is 10.1 Å². The van der Waals surface area contributed by atoms with Gasteiger partial charge in [-0.3, -0.25) is 9.12 Å². The number of anilines is 2. The molecule has 0 aliphatic heterocycles. The van der Waals surface area contributed by atoms with Crippen molar-refractivity contribution in [1.29, 1.82) is 0 Å². The Bertz CT molecular complexity index is 841. The third-order valence-electron chi connectivity index (χ3n) is 2.40. The van der Waals surface area contributed by atoms with Gasteiger partial charge in [0, 0.05) is 17.7 Å². The molecule has 3 rings (SSSR count). The zero-order valence-corrected chi connectivity index (χ0v) is 11.4. The molecule has 0 aromatic carbocycles. The molecule has 0 unspecified atom stereocenters. The van der Waals surface area contributed by atoms with Gasteiger partial charge in [0.15, 0.2) is 5.82 Å². The van der Waals surface area contributed by atoms with Gasteiger partial charge in [-0.1, -0.05) is 15.7 Å². The molecule has 0 atom stereocenters. The van der Waals surface area contributed by atoms with E-state index < -0.39 is 10.0 Å². The van der Waals surface area contributed by atoms with E-state index >= 15 is 0 Å². The number of aromatic nitrogens is 5. The van der Waals surface area contributed by atoms with E-state index in [-0.39, 0.29) is 16.0 Å². The van der Waals surface area contributed by atoms with Crippen molar-refractivity contribution in [3.8, 4) is 0 Å². The minimum absolute atomic E-state index is 0.0289. The molecule has 4 N–H and O–H groups in total. The van der Waals surface area contributed by atoms with Crippen molar-refractivity contribution in [2.45, 2.75) is 5.03 Å². The summed E-state index contributed by atoms with van der Waals surface area (Å²) in [5, 5.41) is 6.79. The van der Waals surface area contributed by atoms with Crippen LogP contribution in [0, 0.1) is 0 Å². The van der Waals surface area contributed by atoms with Gasteiger partial charge < -0.3 is 5.43 Å². The molecule has 0 radical (unpaired) electrons. The smallest absolute Gasteiger partial charge is 0.283 e. The number of fused-ring (bicyclic) bond motifs is 1. The lowest BCUT2D eigenvalue weighted by molar-refractivity contribution is 0.596. The highest BCUT2D eigenvalue weighted by molar-refractivity contribution is 7.93. The van der Waals surface area contributed by atoms with Crippen LogP contribution in [0.4, 0.5) is 10.9 Å². The molecule has 0 saturated heterocycles. The quantitative estimate of drug-likeness (QED) is 0.439. The second-order valence-corrected chi connectivity index (χ2v) is 5.94. The number of hydrogen-bond donors (Lipinski definition) is 3. The van der Waals surface area contributed by atoms with E-state index in [9.17, 15) is 8.42 Å². The number of nitrogens with zero attached hydrogens (tertiary/aromatic N) is 5. The van der Waals surface area contributed by atoms with Crippen LogP contribution in [0.15, 0.2) is 29.4 Å². The average molecular weight is 312 g/mol. The molecule has 10 nitrogen and oxygen atoms in total. The summed E-state index contributed by atoms with van der Waals surface area (Å²) in [6, 6.07) is 5.08. The standard InChI is InChI=1S/C8H8N8O2S2/c9-11-6-7(16-4-2-1-3-5(16)10-6)20(17,18)13-8-12-14-15-19-8/h1-4,11H,9H2,(H,12,13,15). The molecule has 20 heavy (non-hydrogen) atoms. The highest BCUT2D eigenvalue weighted by atomic mass is 32.2. The van der Waals surface area contributed by atoms with Crippen molar-refractivity contribution in [1.82, 2.24) is 24.2 Å². The topological polar surface area (TPSA) is 140 Å². The Morgan fingerprint density at radius 2 is 2.20 bits per heavy atom. The molecule has 0 bridgehead atoms. The van der Waals surface area contributed by atoms with E-state index in [0.717, 1.165) is 11.5 Å². The number of sulfonamides is 1. The minimum atomic E-state index is -3.93. The van der Waals surface area contributed by atoms with Crippen molar-refractivity contribution in [2.24, 2.45) is 5.84 Å². The van der Waals surface area contributed by atoms with Gasteiger partial charge in [-0.25, -0.2) is 10.8 Å². The third-order valence-corrected chi connectivity index (χ3v) is 4.40. The monoisotopic (exact) mass is 312 g/mol. The van der Waals surface area contributed by atoms with Crippen molar-refractivity contribution >= 4 is 38.2 Å². The minimum Gasteiger partial charge on any atom is -0.306 e. The fourth-order valence-electron chi connectivity index (χ4n) is 1.66. The fourth-order valence-corrected chi connectivity index (χ4v) is 3.50. The first-order valence-corrected chi connectivity index (χ1v) is 7.49. The summed E-state index contributed by atoms with van der Waals surface area (Å²) in [6.45, 7) is 0. The molecular weight excluding hydrogens is 304 g/mol. The van der Waals surface area contributed by atoms with Gasteiger partial charge >= 0.3 is 0 Å². The Balaban J connectivity index is 2.17. The van der Waals surface area contributed by atoms with Crippen LogP contribution in [0.3, 0.4) is 0 Å². The van der Waals surface area contributed by atoms with E-state index in [1.54, 1.807) is 24.4 Å². The van der Waals surface area contributed by atoms with Gasteiger partial charge in [-0.05, 0) is 17.3 Å². The van der Waals surface area contributed by atoms with Crippen LogP contribution in [0.25, 0.3) is 5.65 Å². The maximum atomic E-state index is 12.4. The number of nitrogens with one attached hydrogen (secondary N) is 2. The number of hydrazine groups is 1. The molecule has 3 aromatic heterocycles. The van der Waals surface area contributed by atoms with Crippen LogP contribution >= 0.6 is 11.5 Å². The van der Waals surface area contributed by atoms with Crippen LogP contribution < -0.4 is 16.0 Å². The van der Waals surface area contributed by atoms with Crippen molar-refractivity contribution < 1.29 is 8.42 Å². The van der Waals surface area contributed by atoms with Crippen molar-refractivity contribution in [3.05, 3.63) is 24.4 Å². The van der Waals surface area contributed by atoms with Crippen LogP contribution in [0.1, 0.15) is 0 Å². The van der Waals surface area contributed by atoms with Crippen LogP contribution in [0.5, 0.6) is 0 Å². The largest absolute Gasteiger partial charge is 0.306 e. The van der Waals surface area contributed by atoms with Gasteiger partial charge in [0.1, 0.15) is 5.65 Å². The number of pyridine rings is 1. The lowest BCUT2D eigenvalue weighted by Crippen LogP contribution is -2.18. The lowest BCUT2D eigenvalue weighted by atomic mass is 10.5. The second-order valence-electron chi connectivity index (χ2n) is 3.61. The molecule has 0 aliphatic rings. The summed E-state index contributed by atoms with van der Waals surface area (Å²) in [4.78, 5) is 4.09. The van der Waals surface area contributed by atoms with Gasteiger partial charge in [0.2, 0.25) is 10.2 Å². The van der Waals surface area contributed by atoms with E-state index in [2.05, 4.69) is 29.9 Å². The maximum Gasteiger partial charge on any atom is 0.283 e. The van der Waals surface area contributed by atoms with Crippen molar-refractivity contribution in [3.63, 3.8) is 0 Å². The molecule has 0 aliphatic carbocycles. The van der Waals surface area contributed by atoms with E-state index in [1.807, 2.05) is 0 Å². The zero-order chi connectivity index (χ0) is 14.2. The molecular formula is C8H8N8O2S2. The molecule has 0 fully saturated rings. The van der Waals surface area contributed by atoms with Crippen LogP contribution in [0.2, 0.25) is 0 Å².